The number of carboxylic acid groups (broad SMARTS) is 2. The summed E-state index contributed by atoms with van der Waals surface area (Å²) in [6.07, 6.45) is -6.13. The summed E-state index contributed by atoms with van der Waals surface area (Å²) in [5.41, 5.74) is 11.4. The zero-order chi connectivity index (χ0) is 26.5. The van der Waals surface area contributed by atoms with Crippen molar-refractivity contribution in [2.45, 2.75) is 23.6 Å². The summed E-state index contributed by atoms with van der Waals surface area (Å²) < 4.78 is 36.4. The Kier molecular flexibility index (Phi) is 8.70. The van der Waals surface area contributed by atoms with Crippen LogP contribution in [0.2, 0.25) is 0 Å². The molecule has 2 unspecified atom stereocenters. The molecule has 1 fully saturated rings. The van der Waals surface area contributed by atoms with Gasteiger partial charge in [-0.3, -0.25) is 14.5 Å². The molecule has 1 aromatic rings. The van der Waals surface area contributed by atoms with E-state index in [1.807, 2.05) is 0 Å². The normalized spacial score (nSPS) is 19.9. The van der Waals surface area contributed by atoms with Gasteiger partial charge in [0.2, 0.25) is 5.91 Å². The second kappa shape index (κ2) is 11.1. The second-order valence-corrected chi connectivity index (χ2v) is 8.06. The summed E-state index contributed by atoms with van der Waals surface area (Å²) in [7, 11) is 0. The fourth-order valence-corrected chi connectivity index (χ4v) is 4.33. The zero-order valence-corrected chi connectivity index (χ0v) is 18.3. The molecule has 0 bridgehead atoms. The average Bonchev–Trinajstić information content (AvgIpc) is 2.79. The number of alkyl halides is 3. The molecule has 3 amide bonds. The van der Waals surface area contributed by atoms with Gasteiger partial charge in [-0.1, -0.05) is 30.3 Å². The molecule has 3 rings (SSSR count). The zero-order valence-electron chi connectivity index (χ0n) is 17.5. The number of thioether (sulfide) groups is 1. The SMILES string of the molecule is NC(=O)OCC1=C(C(=O)O)N2C(=O)C(NC(=O)C(N)c3ccccc3)[C@@H]2SC1.O=C(O)C(F)(F)F. The lowest BCUT2D eigenvalue weighted by molar-refractivity contribution is -0.192. The van der Waals surface area contributed by atoms with Gasteiger partial charge in [-0.25, -0.2) is 14.4 Å². The van der Waals surface area contributed by atoms with Gasteiger partial charge >= 0.3 is 24.2 Å². The molecular formula is C19H19F3N4O8S. The minimum absolute atomic E-state index is 0.209. The maximum Gasteiger partial charge on any atom is 0.490 e. The molecule has 0 aliphatic carbocycles. The first-order valence-corrected chi connectivity index (χ1v) is 10.5. The summed E-state index contributed by atoms with van der Waals surface area (Å²) in [5.74, 6) is -4.98. The largest absolute Gasteiger partial charge is 0.490 e. The van der Waals surface area contributed by atoms with Gasteiger partial charge in [0, 0.05) is 11.3 Å². The molecule has 0 spiro atoms. The van der Waals surface area contributed by atoms with E-state index in [4.69, 9.17) is 21.4 Å². The lowest BCUT2D eigenvalue weighted by atomic mass is 10.0. The highest BCUT2D eigenvalue weighted by Crippen LogP contribution is 2.40. The van der Waals surface area contributed by atoms with Gasteiger partial charge in [0.1, 0.15) is 29.8 Å². The van der Waals surface area contributed by atoms with Crippen molar-refractivity contribution in [1.29, 1.82) is 0 Å². The molecule has 190 valence electrons. The van der Waals surface area contributed by atoms with E-state index in [0.29, 0.717) is 5.56 Å². The van der Waals surface area contributed by atoms with Gasteiger partial charge in [0.25, 0.3) is 5.91 Å². The number of β-lactam (4-membered cyclic amide) rings is 1. The Morgan fingerprint density at radius 1 is 1.20 bits per heavy atom. The molecule has 3 atom stereocenters. The third-order valence-electron chi connectivity index (χ3n) is 4.62. The number of primary amides is 1. The number of halogens is 3. The fourth-order valence-electron chi connectivity index (χ4n) is 3.01. The molecule has 35 heavy (non-hydrogen) atoms. The number of nitrogens with two attached hydrogens (primary N) is 2. The minimum Gasteiger partial charge on any atom is -0.477 e. The van der Waals surface area contributed by atoms with E-state index in [-0.39, 0.29) is 23.6 Å². The number of hydrogen-bond donors (Lipinski definition) is 5. The number of ether oxygens (including phenoxy) is 1. The van der Waals surface area contributed by atoms with E-state index < -0.39 is 53.5 Å². The average molecular weight is 520 g/mol. The topological polar surface area (TPSA) is 202 Å². The van der Waals surface area contributed by atoms with Crippen LogP contribution >= 0.6 is 11.8 Å². The van der Waals surface area contributed by atoms with Crippen molar-refractivity contribution in [2.75, 3.05) is 12.4 Å². The maximum absolute atomic E-state index is 12.5. The fraction of sp³-hybridized carbons (Fsp3) is 0.316. The van der Waals surface area contributed by atoms with Crippen molar-refractivity contribution < 1.29 is 52.1 Å². The van der Waals surface area contributed by atoms with Crippen LogP contribution < -0.4 is 16.8 Å². The molecular weight excluding hydrogens is 501 g/mol. The Labute approximate surface area is 199 Å². The van der Waals surface area contributed by atoms with Crippen LogP contribution in [-0.2, 0) is 23.9 Å². The first kappa shape index (κ1) is 27.5. The summed E-state index contributed by atoms with van der Waals surface area (Å²) >= 11 is 1.25. The first-order chi connectivity index (χ1) is 16.3. The third kappa shape index (κ3) is 6.63. The second-order valence-electron chi connectivity index (χ2n) is 6.95. The number of benzene rings is 1. The van der Waals surface area contributed by atoms with Crippen LogP contribution in [0.1, 0.15) is 11.6 Å². The maximum atomic E-state index is 12.5. The van der Waals surface area contributed by atoms with Gasteiger partial charge in [-0.15, -0.1) is 11.8 Å². The molecule has 16 heteroatoms. The number of carbonyl (C=O) groups excluding carboxylic acids is 3. The predicted octanol–water partition coefficient (Wildman–Crippen LogP) is 0.154. The van der Waals surface area contributed by atoms with E-state index >= 15 is 0 Å². The van der Waals surface area contributed by atoms with E-state index in [9.17, 15) is 37.5 Å². The Bertz CT molecular complexity index is 1050. The number of rotatable bonds is 6. The van der Waals surface area contributed by atoms with Crippen molar-refractivity contribution in [3.63, 3.8) is 0 Å². The lowest BCUT2D eigenvalue weighted by Crippen LogP contribution is -2.71. The van der Waals surface area contributed by atoms with Gasteiger partial charge in [0.15, 0.2) is 0 Å². The Hall–Kier alpha value is -3.79. The molecule has 2 aliphatic heterocycles. The standard InChI is InChI=1S/C17H18N4O6S.C2HF3O2/c18-10(8-4-2-1-3-5-8)13(22)20-11-14(23)21-12(16(24)25)9(6-27-17(19)26)7-28-15(11)21;3-2(4,5)1(6)7/h1-5,10-11,15H,6-7,18H2,(H2,19,26)(H,20,22)(H,24,25);(H,6,7)/t10?,11?,15-;/m0./s1. The first-order valence-electron chi connectivity index (χ1n) is 9.49. The quantitative estimate of drug-likeness (QED) is 0.321. The van der Waals surface area contributed by atoms with Crippen molar-refractivity contribution in [1.82, 2.24) is 10.2 Å². The number of aliphatic carboxylic acids is 2. The minimum atomic E-state index is -5.08. The van der Waals surface area contributed by atoms with E-state index in [0.717, 1.165) is 4.90 Å². The van der Waals surface area contributed by atoms with E-state index in [2.05, 4.69) is 10.1 Å². The smallest absolute Gasteiger partial charge is 0.477 e. The van der Waals surface area contributed by atoms with Crippen molar-refractivity contribution >= 4 is 41.6 Å². The van der Waals surface area contributed by atoms with Crippen LogP contribution in [0, 0.1) is 0 Å². The molecule has 2 heterocycles. The predicted molar refractivity (Wildman–Crippen MR) is 112 cm³/mol. The Morgan fingerprint density at radius 2 is 1.77 bits per heavy atom. The number of carboxylic acids is 2. The van der Waals surface area contributed by atoms with Gasteiger partial charge < -0.3 is 31.7 Å². The molecule has 0 aromatic heterocycles. The molecule has 0 radical (unpaired) electrons. The third-order valence-corrected chi connectivity index (χ3v) is 5.96. The molecule has 1 aromatic carbocycles. The van der Waals surface area contributed by atoms with Crippen LogP contribution in [-0.4, -0.2) is 74.9 Å². The summed E-state index contributed by atoms with van der Waals surface area (Å²) in [6.45, 7) is -0.323. The Balaban J connectivity index is 0.000000540. The number of nitrogens with zero attached hydrogens (tertiary/aromatic N) is 1. The lowest BCUT2D eigenvalue weighted by Gasteiger charge is -2.49. The summed E-state index contributed by atoms with van der Waals surface area (Å²) in [4.78, 5) is 57.3. The van der Waals surface area contributed by atoms with Crippen LogP contribution in [0.5, 0.6) is 0 Å². The highest BCUT2D eigenvalue weighted by atomic mass is 32.2. The highest BCUT2D eigenvalue weighted by molar-refractivity contribution is 8.00. The van der Waals surface area contributed by atoms with Gasteiger partial charge in [0.05, 0.1) is 0 Å². The molecule has 0 saturated carbocycles. The van der Waals surface area contributed by atoms with Crippen LogP contribution in [0.15, 0.2) is 41.6 Å². The highest BCUT2D eigenvalue weighted by Gasteiger charge is 2.54. The number of amides is 3. The van der Waals surface area contributed by atoms with Crippen LogP contribution in [0.3, 0.4) is 0 Å². The van der Waals surface area contributed by atoms with Crippen molar-refractivity contribution in [3.05, 3.63) is 47.2 Å². The van der Waals surface area contributed by atoms with Gasteiger partial charge in [-0.2, -0.15) is 13.2 Å². The number of nitrogens with one attached hydrogen (secondary N) is 1. The summed E-state index contributed by atoms with van der Waals surface area (Å²) in [6, 6.07) is 6.84. The number of hydrogen-bond acceptors (Lipinski definition) is 8. The number of carbonyl (C=O) groups is 5. The van der Waals surface area contributed by atoms with Gasteiger partial charge in [-0.05, 0) is 5.56 Å². The molecule has 7 N–H and O–H groups in total. The van der Waals surface area contributed by atoms with Crippen LogP contribution in [0.4, 0.5) is 18.0 Å². The van der Waals surface area contributed by atoms with E-state index in [1.54, 1.807) is 30.3 Å². The molecule has 12 nitrogen and oxygen atoms in total. The van der Waals surface area contributed by atoms with Crippen molar-refractivity contribution in [2.24, 2.45) is 11.5 Å². The van der Waals surface area contributed by atoms with Crippen molar-refractivity contribution in [3.8, 4) is 0 Å². The monoisotopic (exact) mass is 520 g/mol. The Morgan fingerprint density at radius 3 is 2.26 bits per heavy atom. The summed E-state index contributed by atoms with van der Waals surface area (Å²) in [5, 5.41) is 18.6. The molecule has 2 aliphatic rings. The number of fused-ring (bicyclic) bond motifs is 1. The van der Waals surface area contributed by atoms with E-state index in [1.165, 1.54) is 11.8 Å². The molecule has 1 saturated heterocycles. The van der Waals surface area contributed by atoms with Crippen LogP contribution in [0.25, 0.3) is 0 Å².